The molecule has 4 nitrogen and oxygen atoms in total. The van der Waals surface area contributed by atoms with Gasteiger partial charge in [-0.1, -0.05) is 20.8 Å². The van der Waals surface area contributed by atoms with E-state index in [1.807, 2.05) is 27.7 Å². The predicted molar refractivity (Wildman–Crippen MR) is 63.4 cm³/mol. The highest BCUT2D eigenvalue weighted by Gasteiger charge is 2.22. The van der Waals surface area contributed by atoms with E-state index in [0.29, 0.717) is 0 Å². The summed E-state index contributed by atoms with van der Waals surface area (Å²) >= 11 is 0. The van der Waals surface area contributed by atoms with E-state index < -0.39 is 0 Å². The fourth-order valence-electron chi connectivity index (χ4n) is 1.08. The molecule has 1 atom stereocenters. The Bertz CT molecular complexity index is 429. The Labute approximate surface area is 95.1 Å². The van der Waals surface area contributed by atoms with E-state index in [-0.39, 0.29) is 28.4 Å². The largest absolute Gasteiger partial charge is 0.367 e. The van der Waals surface area contributed by atoms with Crippen molar-refractivity contribution in [2.45, 2.75) is 33.7 Å². The van der Waals surface area contributed by atoms with E-state index in [1.165, 1.54) is 18.5 Å². The summed E-state index contributed by atoms with van der Waals surface area (Å²) in [7, 11) is 0. The number of aromatic amines is 1. The van der Waals surface area contributed by atoms with Crippen molar-refractivity contribution in [2.75, 3.05) is 0 Å². The van der Waals surface area contributed by atoms with Crippen molar-refractivity contribution < 1.29 is 4.79 Å². The monoisotopic (exact) mass is 222 g/mol. The van der Waals surface area contributed by atoms with Crippen molar-refractivity contribution in [2.24, 2.45) is 5.41 Å². The summed E-state index contributed by atoms with van der Waals surface area (Å²) in [4.78, 5) is 25.9. The molecule has 1 aromatic rings. The van der Waals surface area contributed by atoms with Crippen molar-refractivity contribution in [3.63, 3.8) is 0 Å². The zero-order valence-corrected chi connectivity index (χ0v) is 10.1. The Hall–Kier alpha value is -1.58. The second kappa shape index (κ2) is 4.51. The summed E-state index contributed by atoms with van der Waals surface area (Å²) in [5, 5.41) is 2.82. The minimum Gasteiger partial charge on any atom is -0.367 e. The molecule has 0 bridgehead atoms. The number of amides is 1. The Morgan fingerprint density at radius 2 is 2.06 bits per heavy atom. The Kier molecular flexibility index (Phi) is 3.52. The third kappa shape index (κ3) is 2.95. The fourth-order valence-corrected chi connectivity index (χ4v) is 1.08. The lowest BCUT2D eigenvalue weighted by atomic mass is 9.88. The quantitative estimate of drug-likeness (QED) is 0.797. The van der Waals surface area contributed by atoms with E-state index in [2.05, 4.69) is 10.3 Å². The van der Waals surface area contributed by atoms with Crippen LogP contribution in [0.25, 0.3) is 0 Å². The van der Waals surface area contributed by atoms with E-state index in [4.69, 9.17) is 0 Å². The molecule has 0 fully saturated rings. The van der Waals surface area contributed by atoms with Crippen LogP contribution in [-0.2, 0) is 0 Å². The lowest BCUT2D eigenvalue weighted by Gasteiger charge is -2.27. The van der Waals surface area contributed by atoms with Gasteiger partial charge in [0.05, 0.1) is 0 Å². The summed E-state index contributed by atoms with van der Waals surface area (Å²) in [5.74, 6) is -0.329. The molecule has 88 valence electrons. The molecule has 16 heavy (non-hydrogen) atoms. The first-order valence-electron chi connectivity index (χ1n) is 5.30. The van der Waals surface area contributed by atoms with Gasteiger partial charge in [0.25, 0.3) is 5.91 Å². The van der Waals surface area contributed by atoms with Crippen LogP contribution < -0.4 is 10.7 Å². The lowest BCUT2D eigenvalue weighted by Crippen LogP contribution is -2.42. The smallest absolute Gasteiger partial charge is 0.256 e. The number of hydrogen-bond donors (Lipinski definition) is 2. The van der Waals surface area contributed by atoms with Gasteiger partial charge in [-0.15, -0.1) is 0 Å². The van der Waals surface area contributed by atoms with Crippen LogP contribution in [0.15, 0.2) is 23.3 Å². The molecule has 0 spiro atoms. The maximum absolute atomic E-state index is 11.8. The number of hydrogen-bond acceptors (Lipinski definition) is 2. The number of aromatic nitrogens is 1. The molecule has 0 saturated heterocycles. The molecule has 4 heteroatoms. The van der Waals surface area contributed by atoms with Gasteiger partial charge >= 0.3 is 0 Å². The zero-order chi connectivity index (χ0) is 12.3. The Morgan fingerprint density at radius 3 is 2.56 bits per heavy atom. The van der Waals surface area contributed by atoms with Gasteiger partial charge in [-0.2, -0.15) is 0 Å². The minimum absolute atomic E-state index is 0.000365. The first-order chi connectivity index (χ1) is 7.32. The van der Waals surface area contributed by atoms with E-state index in [1.54, 1.807) is 0 Å². The molecule has 1 aromatic heterocycles. The summed E-state index contributed by atoms with van der Waals surface area (Å²) < 4.78 is 0. The van der Waals surface area contributed by atoms with Gasteiger partial charge in [0.2, 0.25) is 0 Å². The van der Waals surface area contributed by atoms with Crippen molar-refractivity contribution >= 4 is 5.91 Å². The third-order valence-corrected chi connectivity index (χ3v) is 2.72. The van der Waals surface area contributed by atoms with Crippen LogP contribution in [0, 0.1) is 5.41 Å². The van der Waals surface area contributed by atoms with Crippen LogP contribution in [0.4, 0.5) is 0 Å². The normalized spacial score (nSPS) is 13.2. The topological polar surface area (TPSA) is 62.0 Å². The molecule has 0 aliphatic heterocycles. The van der Waals surface area contributed by atoms with Gasteiger partial charge in [0.15, 0.2) is 5.43 Å². The summed E-state index contributed by atoms with van der Waals surface area (Å²) in [6.07, 6.45) is 2.93. The second-order valence-electron chi connectivity index (χ2n) is 4.98. The van der Waals surface area contributed by atoms with E-state index >= 15 is 0 Å². The van der Waals surface area contributed by atoms with Crippen LogP contribution in [0.5, 0.6) is 0 Å². The first kappa shape index (κ1) is 12.5. The number of rotatable bonds is 2. The van der Waals surface area contributed by atoms with Crippen LogP contribution >= 0.6 is 0 Å². The summed E-state index contributed by atoms with van der Waals surface area (Å²) in [6, 6.07) is 1.34. The number of carbonyl (C=O) groups is 1. The van der Waals surface area contributed by atoms with Gasteiger partial charge in [-0.05, 0) is 12.3 Å². The SMILES string of the molecule is CC(NC(=O)c1c[nH]ccc1=O)C(C)(C)C. The molecule has 1 rings (SSSR count). The standard InChI is InChI=1S/C12H18N2O2/c1-8(12(2,3)4)14-11(16)9-7-13-6-5-10(9)15/h5-8H,1-4H3,(H,13,15)(H,14,16). The maximum atomic E-state index is 11.8. The molecule has 2 N–H and O–H groups in total. The average molecular weight is 222 g/mol. The van der Waals surface area contributed by atoms with Crippen molar-refractivity contribution in [1.82, 2.24) is 10.3 Å². The Balaban J connectivity index is 2.82. The molecule has 0 radical (unpaired) electrons. The highest BCUT2D eigenvalue weighted by Crippen LogP contribution is 2.18. The molecular weight excluding hydrogens is 204 g/mol. The zero-order valence-electron chi connectivity index (χ0n) is 10.1. The van der Waals surface area contributed by atoms with Crippen molar-refractivity contribution in [3.8, 4) is 0 Å². The molecule has 0 aromatic carbocycles. The molecule has 0 aliphatic rings. The number of nitrogens with one attached hydrogen (secondary N) is 2. The predicted octanol–water partition coefficient (Wildman–Crippen LogP) is 1.54. The Morgan fingerprint density at radius 1 is 1.44 bits per heavy atom. The van der Waals surface area contributed by atoms with Crippen molar-refractivity contribution in [1.29, 1.82) is 0 Å². The van der Waals surface area contributed by atoms with Gasteiger partial charge in [0, 0.05) is 24.5 Å². The van der Waals surface area contributed by atoms with Crippen LogP contribution in [0.3, 0.4) is 0 Å². The molecule has 0 aliphatic carbocycles. The van der Waals surface area contributed by atoms with Gasteiger partial charge in [-0.3, -0.25) is 9.59 Å². The fraction of sp³-hybridized carbons (Fsp3) is 0.500. The third-order valence-electron chi connectivity index (χ3n) is 2.72. The van der Waals surface area contributed by atoms with Crippen LogP contribution in [-0.4, -0.2) is 16.9 Å². The molecule has 0 saturated carbocycles. The number of H-pyrrole nitrogens is 1. The summed E-state index contributed by atoms with van der Waals surface area (Å²) in [5.41, 5.74) is -0.145. The molecule has 1 heterocycles. The highest BCUT2D eigenvalue weighted by molar-refractivity contribution is 5.93. The minimum atomic E-state index is -0.329. The van der Waals surface area contributed by atoms with Gasteiger partial charge in [-0.25, -0.2) is 0 Å². The van der Waals surface area contributed by atoms with E-state index in [0.717, 1.165) is 0 Å². The van der Waals surface area contributed by atoms with Crippen LogP contribution in [0.2, 0.25) is 0 Å². The first-order valence-corrected chi connectivity index (χ1v) is 5.30. The highest BCUT2D eigenvalue weighted by atomic mass is 16.2. The summed E-state index contributed by atoms with van der Waals surface area (Å²) in [6.45, 7) is 8.03. The molecule has 1 unspecified atom stereocenters. The van der Waals surface area contributed by atoms with E-state index in [9.17, 15) is 9.59 Å². The van der Waals surface area contributed by atoms with Gasteiger partial charge in [0.1, 0.15) is 5.56 Å². The average Bonchev–Trinajstić information content (AvgIpc) is 2.16. The van der Waals surface area contributed by atoms with Crippen molar-refractivity contribution in [3.05, 3.63) is 34.2 Å². The second-order valence-corrected chi connectivity index (χ2v) is 4.98. The maximum Gasteiger partial charge on any atom is 0.256 e. The van der Waals surface area contributed by atoms with Gasteiger partial charge < -0.3 is 10.3 Å². The molecule has 1 amide bonds. The number of carbonyl (C=O) groups excluding carboxylic acids is 1. The lowest BCUT2D eigenvalue weighted by molar-refractivity contribution is 0.0908. The number of pyridine rings is 1. The van der Waals surface area contributed by atoms with Crippen LogP contribution in [0.1, 0.15) is 38.1 Å². The molecular formula is C12H18N2O2.